The minimum atomic E-state index is -1.10. The number of nitrogens with one attached hydrogen (secondary N) is 2. The highest BCUT2D eigenvalue weighted by Crippen LogP contribution is 2.26. The summed E-state index contributed by atoms with van der Waals surface area (Å²) in [7, 11) is 0. The molecule has 0 bridgehead atoms. The molecule has 12 heteroatoms. The van der Waals surface area contributed by atoms with E-state index < -0.39 is 23.6 Å². The molecule has 1 saturated heterocycles. The number of rotatable bonds is 6. The van der Waals surface area contributed by atoms with Crippen LogP contribution in [0.15, 0.2) is 28.9 Å². The molecule has 1 aromatic carbocycles. The number of piperidine rings is 1. The van der Waals surface area contributed by atoms with E-state index in [1.807, 2.05) is 4.90 Å². The molecule has 0 radical (unpaired) electrons. The second-order valence-electron chi connectivity index (χ2n) is 8.89. The maximum Gasteiger partial charge on any atom is 0.407 e. The highest BCUT2D eigenvalue weighted by molar-refractivity contribution is 9.10. The van der Waals surface area contributed by atoms with E-state index >= 15 is 0 Å². The summed E-state index contributed by atoms with van der Waals surface area (Å²) in [5.74, 6) is -1.34. The van der Waals surface area contributed by atoms with Crippen molar-refractivity contribution in [1.29, 1.82) is 0 Å². The van der Waals surface area contributed by atoms with Gasteiger partial charge in [0.15, 0.2) is 0 Å². The minimum absolute atomic E-state index is 0.0545. The number of alkyl carbamates (subject to hydrolysis) is 1. The van der Waals surface area contributed by atoms with Crippen molar-refractivity contribution in [2.75, 3.05) is 23.3 Å². The molecule has 1 atom stereocenters. The number of carbonyl (C=O) groups is 3. The Kier molecular flexibility index (Phi) is 7.60. The maximum atomic E-state index is 12.2. The van der Waals surface area contributed by atoms with E-state index in [9.17, 15) is 19.5 Å². The molecule has 5 N–H and O–H groups in total. The van der Waals surface area contributed by atoms with Gasteiger partial charge in [-0.05, 0) is 51.8 Å². The summed E-state index contributed by atoms with van der Waals surface area (Å²) in [6.45, 7) is 6.50. The smallest absolute Gasteiger partial charge is 0.407 e. The molecule has 1 aromatic heterocycles. The van der Waals surface area contributed by atoms with Gasteiger partial charge in [-0.2, -0.15) is 4.98 Å². The van der Waals surface area contributed by atoms with E-state index in [1.165, 1.54) is 18.3 Å². The van der Waals surface area contributed by atoms with Gasteiger partial charge < -0.3 is 31.1 Å². The van der Waals surface area contributed by atoms with E-state index in [4.69, 9.17) is 10.5 Å². The summed E-state index contributed by atoms with van der Waals surface area (Å²) in [6.07, 6.45) is 2.40. The van der Waals surface area contributed by atoms with Crippen molar-refractivity contribution >= 4 is 51.4 Å². The van der Waals surface area contributed by atoms with Gasteiger partial charge in [-0.25, -0.2) is 14.6 Å². The lowest BCUT2D eigenvalue weighted by Crippen LogP contribution is -2.49. The standard InChI is InChI=1S/C22H27BrN6O5/c1-22(2,3)34-21(33)27-14-5-4-6-29(11-14)20-25-10-16(17(24)30)18(28-20)26-15-8-12(19(31)32)7-13(23)9-15/h7-10,14H,4-6,11H2,1-3H3,(H2,24,30)(H,27,33)(H,31,32)(H,25,26,28). The number of benzene rings is 1. The summed E-state index contributed by atoms with van der Waals surface area (Å²) >= 11 is 3.28. The molecule has 11 nitrogen and oxygen atoms in total. The number of nitrogens with two attached hydrogens (primary N) is 1. The Labute approximate surface area is 205 Å². The second-order valence-corrected chi connectivity index (χ2v) is 9.80. The zero-order valence-electron chi connectivity index (χ0n) is 19.1. The number of nitrogens with zero attached hydrogens (tertiary/aromatic N) is 3. The summed E-state index contributed by atoms with van der Waals surface area (Å²) in [5, 5.41) is 15.2. The minimum Gasteiger partial charge on any atom is -0.478 e. The summed E-state index contributed by atoms with van der Waals surface area (Å²) in [6, 6.07) is 4.36. The topological polar surface area (TPSA) is 160 Å². The van der Waals surface area contributed by atoms with Crippen LogP contribution in [0.2, 0.25) is 0 Å². The lowest BCUT2D eigenvalue weighted by atomic mass is 10.1. The van der Waals surface area contributed by atoms with Crippen LogP contribution < -0.4 is 21.3 Å². The second kappa shape index (κ2) is 10.2. The fourth-order valence-corrected chi connectivity index (χ4v) is 3.97. The predicted octanol–water partition coefficient (Wildman–Crippen LogP) is 3.27. The monoisotopic (exact) mass is 534 g/mol. The number of primary amides is 1. The van der Waals surface area contributed by atoms with Crippen LogP contribution in [-0.2, 0) is 4.74 Å². The molecule has 1 aliphatic heterocycles. The molecule has 0 saturated carbocycles. The molecule has 2 heterocycles. The Morgan fingerprint density at radius 3 is 2.65 bits per heavy atom. The van der Waals surface area contributed by atoms with E-state index in [-0.39, 0.29) is 23.0 Å². The van der Waals surface area contributed by atoms with Crippen molar-refractivity contribution in [3.8, 4) is 0 Å². The van der Waals surface area contributed by atoms with Crippen molar-refractivity contribution in [2.24, 2.45) is 5.73 Å². The molecule has 1 unspecified atom stereocenters. The molecule has 0 spiro atoms. The number of hydrogen-bond donors (Lipinski definition) is 4. The molecule has 34 heavy (non-hydrogen) atoms. The first-order chi connectivity index (χ1) is 15.9. The Bertz CT molecular complexity index is 1100. The lowest BCUT2D eigenvalue weighted by Gasteiger charge is -2.33. The number of carbonyl (C=O) groups excluding carboxylic acids is 2. The number of amides is 2. The van der Waals surface area contributed by atoms with Crippen molar-refractivity contribution in [3.05, 3.63) is 40.0 Å². The average Bonchev–Trinajstić information content (AvgIpc) is 2.71. The normalized spacial score (nSPS) is 16.0. The first-order valence-electron chi connectivity index (χ1n) is 10.6. The lowest BCUT2D eigenvalue weighted by molar-refractivity contribution is 0.0499. The third kappa shape index (κ3) is 6.80. The number of halogens is 1. The zero-order valence-corrected chi connectivity index (χ0v) is 20.7. The predicted molar refractivity (Wildman–Crippen MR) is 130 cm³/mol. The Balaban J connectivity index is 1.82. The highest BCUT2D eigenvalue weighted by atomic mass is 79.9. The molecule has 182 valence electrons. The highest BCUT2D eigenvalue weighted by Gasteiger charge is 2.26. The van der Waals surface area contributed by atoms with Gasteiger partial charge in [0, 0.05) is 35.5 Å². The van der Waals surface area contributed by atoms with Crippen LogP contribution in [0, 0.1) is 0 Å². The van der Waals surface area contributed by atoms with Gasteiger partial charge in [-0.15, -0.1) is 0 Å². The maximum absolute atomic E-state index is 12.2. The first-order valence-corrected chi connectivity index (χ1v) is 11.4. The third-order valence-electron chi connectivity index (χ3n) is 4.87. The number of carboxylic acids is 1. The fraction of sp³-hybridized carbons (Fsp3) is 0.409. The quantitative estimate of drug-likeness (QED) is 0.435. The van der Waals surface area contributed by atoms with Crippen molar-refractivity contribution < 1.29 is 24.2 Å². The van der Waals surface area contributed by atoms with Crippen molar-refractivity contribution in [2.45, 2.75) is 45.3 Å². The number of anilines is 3. The van der Waals surface area contributed by atoms with Gasteiger partial charge in [0.2, 0.25) is 5.95 Å². The van der Waals surface area contributed by atoms with Crippen molar-refractivity contribution in [3.63, 3.8) is 0 Å². The number of aromatic nitrogens is 2. The van der Waals surface area contributed by atoms with Crippen LogP contribution in [0.5, 0.6) is 0 Å². The van der Waals surface area contributed by atoms with Gasteiger partial charge in [-0.3, -0.25) is 4.79 Å². The fourth-order valence-electron chi connectivity index (χ4n) is 3.47. The molecule has 1 aliphatic rings. The number of hydrogen-bond acceptors (Lipinski definition) is 8. The van der Waals surface area contributed by atoms with Crippen molar-refractivity contribution in [1.82, 2.24) is 15.3 Å². The van der Waals surface area contributed by atoms with Gasteiger partial charge >= 0.3 is 12.1 Å². The first kappa shape index (κ1) is 25.2. The number of carboxylic acid groups (broad SMARTS) is 1. The van der Waals surface area contributed by atoms with E-state index in [0.717, 1.165) is 12.8 Å². The van der Waals surface area contributed by atoms with Gasteiger partial charge in [0.1, 0.15) is 17.0 Å². The van der Waals surface area contributed by atoms with Crippen LogP contribution in [-0.4, -0.2) is 57.8 Å². The number of aromatic carboxylic acids is 1. The molecule has 0 aliphatic carbocycles. The van der Waals surface area contributed by atoms with Crippen LogP contribution in [0.1, 0.15) is 54.3 Å². The van der Waals surface area contributed by atoms with E-state index in [2.05, 4.69) is 36.5 Å². The Morgan fingerprint density at radius 1 is 1.26 bits per heavy atom. The number of ether oxygens (including phenoxy) is 1. The largest absolute Gasteiger partial charge is 0.478 e. The van der Waals surface area contributed by atoms with Crippen LogP contribution in [0.25, 0.3) is 0 Å². The molecule has 1 fully saturated rings. The van der Waals surface area contributed by atoms with E-state index in [1.54, 1.807) is 26.8 Å². The SMILES string of the molecule is CC(C)(C)OC(=O)NC1CCCN(c2ncc(C(N)=O)c(Nc3cc(Br)cc(C(=O)O)c3)n2)C1. The van der Waals surface area contributed by atoms with Crippen LogP contribution >= 0.6 is 15.9 Å². The van der Waals surface area contributed by atoms with E-state index in [0.29, 0.717) is 29.2 Å². The van der Waals surface area contributed by atoms with Crippen LogP contribution in [0.4, 0.5) is 22.2 Å². The Hall–Kier alpha value is -3.41. The average molecular weight is 535 g/mol. The molecular formula is C22H27BrN6O5. The molecule has 2 amide bonds. The van der Waals surface area contributed by atoms with Gasteiger partial charge in [-0.1, -0.05) is 15.9 Å². The molecular weight excluding hydrogens is 508 g/mol. The third-order valence-corrected chi connectivity index (χ3v) is 5.33. The zero-order chi connectivity index (χ0) is 25.0. The summed E-state index contributed by atoms with van der Waals surface area (Å²) in [4.78, 5) is 46.2. The Morgan fingerprint density at radius 2 is 2.00 bits per heavy atom. The van der Waals surface area contributed by atoms with Crippen LogP contribution in [0.3, 0.4) is 0 Å². The van der Waals surface area contributed by atoms with Gasteiger partial charge in [0.05, 0.1) is 5.56 Å². The van der Waals surface area contributed by atoms with Gasteiger partial charge in [0.25, 0.3) is 5.91 Å². The summed E-state index contributed by atoms with van der Waals surface area (Å²) in [5.41, 5.74) is 5.41. The molecule has 3 rings (SSSR count). The molecule has 2 aromatic rings. The summed E-state index contributed by atoms with van der Waals surface area (Å²) < 4.78 is 5.88.